The molecule has 1 aromatic carbocycles. The van der Waals surface area contributed by atoms with Gasteiger partial charge in [0.15, 0.2) is 0 Å². The van der Waals surface area contributed by atoms with Crippen LogP contribution in [0, 0.1) is 6.92 Å². The predicted molar refractivity (Wildman–Crippen MR) is 95.1 cm³/mol. The topological polar surface area (TPSA) is 79.1 Å². The van der Waals surface area contributed by atoms with Gasteiger partial charge in [0.05, 0.1) is 11.4 Å². The van der Waals surface area contributed by atoms with Gasteiger partial charge in [0.2, 0.25) is 10.3 Å². The minimum atomic E-state index is 0. The molecule has 0 amide bonds. The smallest absolute Gasteiger partial charge is 0.221 e. The van der Waals surface area contributed by atoms with Gasteiger partial charge in [-0.2, -0.15) is 10.7 Å². The Labute approximate surface area is 142 Å². The lowest BCUT2D eigenvalue weighted by Gasteiger charge is -2.19. The number of hydrogen-bond acceptors (Lipinski definition) is 8. The van der Waals surface area contributed by atoms with Gasteiger partial charge >= 0.3 is 0 Å². The largest absolute Gasteiger partial charge is 0.255 e. The first-order valence-corrected chi connectivity index (χ1v) is 7.98. The molecule has 9 heteroatoms. The predicted octanol–water partition coefficient (Wildman–Crippen LogP) is 3.21. The molecule has 6 nitrogen and oxygen atoms in total. The molecule has 2 aromatic heterocycles. The average Bonchev–Trinajstić information content (AvgIpc) is 3.15. The number of hydrogen-bond donors (Lipinski definition) is 3. The molecule has 0 saturated heterocycles. The molecule has 0 bridgehead atoms. The van der Waals surface area contributed by atoms with Crippen molar-refractivity contribution in [1.29, 1.82) is 0 Å². The van der Waals surface area contributed by atoms with Gasteiger partial charge in [-0.1, -0.05) is 30.3 Å². The zero-order valence-corrected chi connectivity index (χ0v) is 14.1. The van der Waals surface area contributed by atoms with Crippen LogP contribution in [-0.2, 0) is 0 Å². The van der Waals surface area contributed by atoms with E-state index in [0.29, 0.717) is 5.13 Å². The highest BCUT2D eigenvalue weighted by Crippen LogP contribution is 2.27. The summed E-state index contributed by atoms with van der Waals surface area (Å²) < 4.78 is 0. The van der Waals surface area contributed by atoms with Crippen LogP contribution in [0.5, 0.6) is 0 Å². The highest BCUT2D eigenvalue weighted by Gasteiger charge is 2.12. The standard InChI is InChI=1S/C13H14N6S2.ClH/c1-9-7-20-12(15-9)17-19(18-14)13-16-11(8-21-13)10-5-3-2-4-6-10;/h2-8,18H,14H2,1H3,(H,15,17);1H. The Balaban J connectivity index is 0.00000176. The second-order valence-electron chi connectivity index (χ2n) is 4.25. The number of thiazole rings is 2. The van der Waals surface area contributed by atoms with Crippen LogP contribution < -0.4 is 21.9 Å². The van der Waals surface area contributed by atoms with Gasteiger partial charge < -0.3 is 0 Å². The zero-order valence-electron chi connectivity index (χ0n) is 11.7. The molecule has 0 fully saturated rings. The number of nitrogens with zero attached hydrogens (tertiary/aromatic N) is 3. The van der Waals surface area contributed by atoms with Crippen LogP contribution in [0.25, 0.3) is 11.3 Å². The Kier molecular flexibility index (Phi) is 5.69. The summed E-state index contributed by atoms with van der Waals surface area (Å²) in [5.74, 6) is 5.56. The van der Waals surface area contributed by atoms with Gasteiger partial charge in [0.25, 0.3) is 0 Å². The highest BCUT2D eigenvalue weighted by atomic mass is 35.5. The highest BCUT2D eigenvalue weighted by molar-refractivity contribution is 7.14. The van der Waals surface area contributed by atoms with Crippen LogP contribution in [0.1, 0.15) is 5.69 Å². The number of aromatic nitrogens is 2. The summed E-state index contributed by atoms with van der Waals surface area (Å²) in [5, 5.41) is 6.97. The Morgan fingerprint density at radius 2 is 1.86 bits per heavy atom. The van der Waals surface area contributed by atoms with Crippen molar-refractivity contribution in [2.45, 2.75) is 6.92 Å². The maximum Gasteiger partial charge on any atom is 0.221 e. The number of nitrogens with two attached hydrogens (primary N) is 1. The Hall–Kier alpha value is -1.71. The van der Waals surface area contributed by atoms with Crippen molar-refractivity contribution in [3.8, 4) is 11.3 Å². The first-order chi connectivity index (χ1) is 10.3. The summed E-state index contributed by atoms with van der Waals surface area (Å²) in [4.78, 5) is 8.91. The molecule has 0 saturated carbocycles. The minimum Gasteiger partial charge on any atom is -0.255 e. The van der Waals surface area contributed by atoms with Crippen LogP contribution in [0.15, 0.2) is 41.1 Å². The summed E-state index contributed by atoms with van der Waals surface area (Å²) in [6.07, 6.45) is 0. The summed E-state index contributed by atoms with van der Waals surface area (Å²) >= 11 is 3.00. The Morgan fingerprint density at radius 1 is 1.09 bits per heavy atom. The summed E-state index contributed by atoms with van der Waals surface area (Å²) in [7, 11) is 0. The first-order valence-electron chi connectivity index (χ1n) is 6.22. The molecular formula is C13H15ClN6S2. The number of anilines is 2. The van der Waals surface area contributed by atoms with E-state index >= 15 is 0 Å². The monoisotopic (exact) mass is 354 g/mol. The molecule has 0 aliphatic heterocycles. The molecule has 2 heterocycles. The van der Waals surface area contributed by atoms with E-state index in [2.05, 4.69) is 20.9 Å². The summed E-state index contributed by atoms with van der Waals surface area (Å²) in [6.45, 7) is 1.94. The van der Waals surface area contributed by atoms with Gasteiger partial charge in [-0.05, 0) is 6.92 Å². The molecule has 0 atom stereocenters. The SMILES string of the molecule is Cc1csc(NN(NN)c2nc(-c3ccccc3)cs2)n1.Cl. The third-order valence-electron chi connectivity index (χ3n) is 2.71. The normalized spacial score (nSPS) is 10.1. The van der Waals surface area contributed by atoms with E-state index in [9.17, 15) is 0 Å². The number of rotatable bonds is 5. The molecule has 0 radical (unpaired) electrons. The van der Waals surface area contributed by atoms with Crippen LogP contribution in [0.3, 0.4) is 0 Å². The number of aryl methyl sites for hydroxylation is 1. The number of benzene rings is 1. The van der Waals surface area contributed by atoms with Gasteiger partial charge in [0.1, 0.15) is 0 Å². The van der Waals surface area contributed by atoms with Crippen LogP contribution in [-0.4, -0.2) is 9.97 Å². The maximum atomic E-state index is 5.56. The van der Waals surface area contributed by atoms with E-state index in [1.807, 2.05) is 48.0 Å². The number of nitrogens with one attached hydrogen (secondary N) is 2. The minimum absolute atomic E-state index is 0. The summed E-state index contributed by atoms with van der Waals surface area (Å²) in [5.41, 5.74) is 8.60. The zero-order chi connectivity index (χ0) is 14.7. The van der Waals surface area contributed by atoms with Crippen molar-refractivity contribution in [1.82, 2.24) is 15.5 Å². The molecule has 3 rings (SSSR count). The third kappa shape index (κ3) is 3.73. The molecule has 0 unspecified atom stereocenters. The molecule has 116 valence electrons. The van der Waals surface area contributed by atoms with E-state index in [4.69, 9.17) is 5.84 Å². The van der Waals surface area contributed by atoms with E-state index in [-0.39, 0.29) is 12.4 Å². The lowest BCUT2D eigenvalue weighted by molar-refractivity contribution is 0.710. The fraction of sp³-hybridized carbons (Fsp3) is 0.0769. The fourth-order valence-electron chi connectivity index (χ4n) is 1.74. The van der Waals surface area contributed by atoms with E-state index in [0.717, 1.165) is 22.1 Å². The van der Waals surface area contributed by atoms with E-state index in [1.54, 1.807) is 5.12 Å². The average molecular weight is 355 g/mol. The van der Waals surface area contributed by atoms with Crippen molar-refractivity contribution in [3.63, 3.8) is 0 Å². The van der Waals surface area contributed by atoms with Crippen LogP contribution in [0.2, 0.25) is 0 Å². The van der Waals surface area contributed by atoms with Gasteiger partial charge in [-0.15, -0.1) is 35.1 Å². The Bertz CT molecular complexity index is 714. The number of hydrazine groups is 3. The van der Waals surface area contributed by atoms with Gasteiger partial charge in [-0.25, -0.2) is 9.97 Å². The lowest BCUT2D eigenvalue weighted by Crippen LogP contribution is -2.47. The Morgan fingerprint density at radius 3 is 2.50 bits per heavy atom. The molecule has 0 spiro atoms. The quantitative estimate of drug-likeness (QED) is 0.482. The van der Waals surface area contributed by atoms with Crippen molar-refractivity contribution >= 4 is 45.3 Å². The molecule has 0 aliphatic carbocycles. The number of halogens is 1. The van der Waals surface area contributed by atoms with Crippen LogP contribution >= 0.6 is 35.1 Å². The maximum absolute atomic E-state index is 5.56. The molecule has 3 aromatic rings. The summed E-state index contributed by atoms with van der Waals surface area (Å²) in [6, 6.07) is 10.0. The molecule has 4 N–H and O–H groups in total. The van der Waals surface area contributed by atoms with E-state index < -0.39 is 0 Å². The van der Waals surface area contributed by atoms with Crippen LogP contribution in [0.4, 0.5) is 10.3 Å². The second kappa shape index (κ2) is 7.52. The first kappa shape index (κ1) is 16.7. The fourth-order valence-corrected chi connectivity index (χ4v) is 3.18. The van der Waals surface area contributed by atoms with Crippen molar-refractivity contribution < 1.29 is 0 Å². The van der Waals surface area contributed by atoms with Gasteiger partial charge in [0, 0.05) is 16.3 Å². The third-order valence-corrected chi connectivity index (χ3v) is 4.40. The van der Waals surface area contributed by atoms with E-state index in [1.165, 1.54) is 22.7 Å². The van der Waals surface area contributed by atoms with Gasteiger partial charge in [-0.3, -0.25) is 11.3 Å². The van der Waals surface area contributed by atoms with Crippen molar-refractivity contribution in [2.24, 2.45) is 5.84 Å². The van der Waals surface area contributed by atoms with Crippen molar-refractivity contribution in [2.75, 3.05) is 10.5 Å². The molecule has 22 heavy (non-hydrogen) atoms. The molecule has 0 aliphatic rings. The van der Waals surface area contributed by atoms with Crippen molar-refractivity contribution in [3.05, 3.63) is 46.8 Å². The molecular weight excluding hydrogens is 340 g/mol. The second-order valence-corrected chi connectivity index (χ2v) is 5.95. The lowest BCUT2D eigenvalue weighted by atomic mass is 10.2.